The van der Waals surface area contributed by atoms with Gasteiger partial charge in [-0.2, -0.15) is 5.10 Å². The second kappa shape index (κ2) is 8.93. The number of ether oxygens (including phenoxy) is 1. The average molecular weight is 390 g/mol. The number of fused-ring (bicyclic) bond motifs is 1. The number of aromatic nitrogens is 2. The van der Waals surface area contributed by atoms with Crippen LogP contribution in [0.1, 0.15) is 32.6 Å². The molecule has 3 fully saturated rings. The predicted octanol–water partition coefficient (Wildman–Crippen LogP) is 1.21. The van der Waals surface area contributed by atoms with Gasteiger partial charge in [0.15, 0.2) is 0 Å². The summed E-state index contributed by atoms with van der Waals surface area (Å²) >= 11 is 0. The van der Waals surface area contributed by atoms with Crippen molar-refractivity contribution in [3.05, 3.63) is 18.5 Å². The van der Waals surface area contributed by atoms with Crippen molar-refractivity contribution in [3.8, 4) is 0 Å². The Morgan fingerprint density at radius 1 is 1.29 bits per heavy atom. The van der Waals surface area contributed by atoms with Crippen molar-refractivity contribution >= 4 is 5.91 Å². The maximum absolute atomic E-state index is 13.4. The number of nitrogens with zero attached hydrogens (tertiary/aromatic N) is 4. The molecule has 0 aromatic carbocycles. The Morgan fingerprint density at radius 2 is 2.14 bits per heavy atom. The number of nitrogens with one attached hydrogen (secondary N) is 1. The summed E-state index contributed by atoms with van der Waals surface area (Å²) in [5.74, 6) is 0.754. The fraction of sp³-hybridized carbons (Fsp3) is 0.810. The number of carbonyl (C=O) groups is 1. The third kappa shape index (κ3) is 4.11. The van der Waals surface area contributed by atoms with Crippen LogP contribution in [0, 0.1) is 11.3 Å². The molecule has 28 heavy (non-hydrogen) atoms. The molecule has 2 saturated heterocycles. The lowest BCUT2D eigenvalue weighted by atomic mass is 9.61. The Bertz CT molecular complexity index is 631. The van der Waals surface area contributed by atoms with Crippen molar-refractivity contribution in [1.29, 1.82) is 0 Å². The highest BCUT2D eigenvalue weighted by molar-refractivity contribution is 5.83. The summed E-state index contributed by atoms with van der Waals surface area (Å²) in [4.78, 5) is 18.5. The minimum Gasteiger partial charge on any atom is -0.379 e. The molecule has 1 saturated carbocycles. The van der Waals surface area contributed by atoms with E-state index in [1.54, 1.807) is 6.20 Å². The van der Waals surface area contributed by atoms with Gasteiger partial charge in [-0.1, -0.05) is 6.92 Å². The molecule has 0 radical (unpaired) electrons. The number of likely N-dealkylation sites (tertiary alicyclic amines) is 1. The summed E-state index contributed by atoms with van der Waals surface area (Å²) in [7, 11) is 0. The minimum absolute atomic E-state index is 0.221. The third-order valence-electron chi connectivity index (χ3n) is 7.21. The Balaban J connectivity index is 1.42. The van der Waals surface area contributed by atoms with Crippen LogP contribution in [0.3, 0.4) is 0 Å². The highest BCUT2D eigenvalue weighted by atomic mass is 16.5. The zero-order valence-corrected chi connectivity index (χ0v) is 17.2. The van der Waals surface area contributed by atoms with Crippen LogP contribution < -0.4 is 5.32 Å². The molecule has 7 heteroatoms. The Labute approximate surface area is 168 Å². The predicted molar refractivity (Wildman–Crippen MR) is 108 cm³/mol. The second-order valence-electron chi connectivity index (χ2n) is 8.61. The van der Waals surface area contributed by atoms with E-state index in [1.807, 2.05) is 16.9 Å². The molecule has 7 nitrogen and oxygen atoms in total. The number of piperidine rings is 1. The van der Waals surface area contributed by atoms with Gasteiger partial charge in [-0.15, -0.1) is 0 Å². The number of hydrogen-bond acceptors (Lipinski definition) is 5. The molecule has 3 atom stereocenters. The molecule has 1 aromatic rings. The average Bonchev–Trinajstić information content (AvgIpc) is 3.27. The van der Waals surface area contributed by atoms with Gasteiger partial charge in [0.05, 0.1) is 25.2 Å². The fourth-order valence-corrected chi connectivity index (χ4v) is 5.53. The monoisotopic (exact) mass is 389 g/mol. The van der Waals surface area contributed by atoms with Crippen molar-refractivity contribution in [3.63, 3.8) is 0 Å². The van der Waals surface area contributed by atoms with Gasteiger partial charge in [0, 0.05) is 44.6 Å². The molecule has 3 heterocycles. The lowest BCUT2D eigenvalue weighted by Gasteiger charge is -2.53. The molecular formula is C21H35N5O2. The molecule has 1 amide bonds. The van der Waals surface area contributed by atoms with E-state index in [1.165, 1.54) is 0 Å². The smallest absolute Gasteiger partial charge is 0.227 e. The van der Waals surface area contributed by atoms with Crippen LogP contribution in [-0.2, 0) is 16.1 Å². The van der Waals surface area contributed by atoms with Crippen molar-refractivity contribution in [1.82, 2.24) is 24.9 Å². The molecule has 3 aliphatic rings. The summed E-state index contributed by atoms with van der Waals surface area (Å²) in [6.45, 7) is 10.4. The number of carbonyl (C=O) groups excluding carboxylic acids is 1. The van der Waals surface area contributed by atoms with Crippen LogP contribution in [-0.4, -0.2) is 84.0 Å². The van der Waals surface area contributed by atoms with Crippen molar-refractivity contribution in [2.24, 2.45) is 11.3 Å². The van der Waals surface area contributed by atoms with Gasteiger partial charge in [-0.05, 0) is 50.8 Å². The fourth-order valence-electron chi connectivity index (χ4n) is 5.53. The highest BCUT2D eigenvalue weighted by Gasteiger charge is 2.52. The third-order valence-corrected chi connectivity index (χ3v) is 7.21. The topological polar surface area (TPSA) is 62.6 Å². The van der Waals surface area contributed by atoms with E-state index >= 15 is 0 Å². The van der Waals surface area contributed by atoms with E-state index in [2.05, 4.69) is 27.1 Å². The SMILES string of the molecule is CCN1CC[C@@H]2C[C@@H](N3CCOCC3)CC[C@@]2(C(=O)NCCn2cccn2)C1. The number of hydrogen-bond donors (Lipinski definition) is 1. The quantitative estimate of drug-likeness (QED) is 0.793. The first-order valence-electron chi connectivity index (χ1n) is 11.0. The highest BCUT2D eigenvalue weighted by Crippen LogP contribution is 2.47. The molecule has 1 N–H and O–H groups in total. The van der Waals surface area contributed by atoms with Crippen LogP contribution in [0.15, 0.2) is 18.5 Å². The van der Waals surface area contributed by atoms with Gasteiger partial charge in [0.25, 0.3) is 0 Å². The van der Waals surface area contributed by atoms with E-state index in [0.717, 1.165) is 78.2 Å². The zero-order valence-electron chi connectivity index (χ0n) is 17.2. The summed E-state index contributed by atoms with van der Waals surface area (Å²) < 4.78 is 7.42. The summed E-state index contributed by atoms with van der Waals surface area (Å²) in [6.07, 6.45) is 8.15. The molecule has 0 bridgehead atoms. The van der Waals surface area contributed by atoms with Gasteiger partial charge >= 0.3 is 0 Å². The standard InChI is InChI=1S/C21H35N5O2/c1-2-24-10-5-18-16-19(25-12-14-28-15-13-25)4-6-21(18,17-24)20(27)22-8-11-26-9-3-7-23-26/h3,7,9,18-19H,2,4-6,8,10-17H2,1H3,(H,22,27)/t18-,19+,21-/m1/s1. The van der Waals surface area contributed by atoms with Crippen molar-refractivity contribution < 1.29 is 9.53 Å². The summed E-state index contributed by atoms with van der Waals surface area (Å²) in [5.41, 5.74) is -0.221. The molecular weight excluding hydrogens is 354 g/mol. The van der Waals surface area contributed by atoms with Gasteiger partial charge in [0.2, 0.25) is 5.91 Å². The Morgan fingerprint density at radius 3 is 2.89 bits per heavy atom. The van der Waals surface area contributed by atoms with Crippen LogP contribution in [0.25, 0.3) is 0 Å². The van der Waals surface area contributed by atoms with Gasteiger partial charge in [-0.3, -0.25) is 14.4 Å². The lowest BCUT2D eigenvalue weighted by Crippen LogP contribution is -2.61. The van der Waals surface area contributed by atoms with E-state index in [9.17, 15) is 4.79 Å². The van der Waals surface area contributed by atoms with Crippen LogP contribution in [0.5, 0.6) is 0 Å². The number of rotatable bonds is 6. The lowest BCUT2D eigenvalue weighted by molar-refractivity contribution is -0.145. The normalized spacial score (nSPS) is 32.0. The molecule has 1 aromatic heterocycles. The largest absolute Gasteiger partial charge is 0.379 e. The molecule has 156 valence electrons. The zero-order chi connectivity index (χ0) is 19.4. The van der Waals surface area contributed by atoms with Crippen LogP contribution in [0.2, 0.25) is 0 Å². The van der Waals surface area contributed by atoms with E-state index < -0.39 is 0 Å². The van der Waals surface area contributed by atoms with Crippen LogP contribution >= 0.6 is 0 Å². The molecule has 4 rings (SSSR count). The summed E-state index contributed by atoms with van der Waals surface area (Å²) in [5, 5.41) is 7.49. The number of morpholine rings is 1. The first-order chi connectivity index (χ1) is 13.7. The molecule has 0 spiro atoms. The molecule has 0 unspecified atom stereocenters. The molecule has 2 aliphatic heterocycles. The second-order valence-corrected chi connectivity index (χ2v) is 8.61. The van der Waals surface area contributed by atoms with E-state index in [-0.39, 0.29) is 11.3 Å². The maximum atomic E-state index is 13.4. The van der Waals surface area contributed by atoms with Gasteiger partial charge in [-0.25, -0.2) is 0 Å². The van der Waals surface area contributed by atoms with Gasteiger partial charge in [0.1, 0.15) is 0 Å². The van der Waals surface area contributed by atoms with E-state index in [4.69, 9.17) is 4.74 Å². The summed E-state index contributed by atoms with van der Waals surface area (Å²) in [6, 6.07) is 2.54. The molecule has 1 aliphatic carbocycles. The van der Waals surface area contributed by atoms with Crippen molar-refractivity contribution in [2.45, 2.75) is 45.2 Å². The maximum Gasteiger partial charge on any atom is 0.227 e. The Kier molecular flexibility index (Phi) is 6.33. The first kappa shape index (κ1) is 19.9. The Hall–Kier alpha value is -1.44. The minimum atomic E-state index is -0.221. The number of amides is 1. The van der Waals surface area contributed by atoms with E-state index in [0.29, 0.717) is 18.5 Å². The van der Waals surface area contributed by atoms with Gasteiger partial charge < -0.3 is 15.0 Å². The first-order valence-corrected chi connectivity index (χ1v) is 11.0. The van der Waals surface area contributed by atoms with Crippen LogP contribution in [0.4, 0.5) is 0 Å². The van der Waals surface area contributed by atoms with Crippen molar-refractivity contribution in [2.75, 3.05) is 52.5 Å².